The minimum absolute atomic E-state index is 0.0271. The number of benzene rings is 1. The zero-order valence-electron chi connectivity index (χ0n) is 20.0. The third-order valence-electron chi connectivity index (χ3n) is 5.60. The molecule has 34 heavy (non-hydrogen) atoms. The van der Waals surface area contributed by atoms with Gasteiger partial charge in [-0.15, -0.1) is 11.3 Å². The van der Waals surface area contributed by atoms with E-state index in [0.29, 0.717) is 18.0 Å². The van der Waals surface area contributed by atoms with Gasteiger partial charge in [-0.05, 0) is 45.4 Å². The van der Waals surface area contributed by atoms with Crippen molar-refractivity contribution in [3.05, 3.63) is 68.8 Å². The van der Waals surface area contributed by atoms with Gasteiger partial charge in [0.15, 0.2) is 11.4 Å². The molecule has 9 heteroatoms. The van der Waals surface area contributed by atoms with E-state index in [-0.39, 0.29) is 35.1 Å². The number of nitrogens with zero attached hydrogens (tertiary/aromatic N) is 3. The summed E-state index contributed by atoms with van der Waals surface area (Å²) in [4.78, 5) is 32.6. The smallest absolute Gasteiger partial charge is 0.274 e. The number of amides is 1. The molecule has 0 radical (unpaired) electrons. The van der Waals surface area contributed by atoms with Crippen LogP contribution in [0.5, 0.6) is 5.75 Å². The second-order valence-electron chi connectivity index (χ2n) is 8.39. The lowest BCUT2D eigenvalue weighted by molar-refractivity contribution is 0.0608. The summed E-state index contributed by atoms with van der Waals surface area (Å²) in [7, 11) is 1.68. The Morgan fingerprint density at radius 3 is 2.50 bits per heavy atom. The molecule has 0 bridgehead atoms. The number of carbonyl (C=O) groups is 1. The summed E-state index contributed by atoms with van der Waals surface area (Å²) in [5, 5.41) is 11.1. The number of aromatic nitrogens is 2. The van der Waals surface area contributed by atoms with Crippen LogP contribution in [0.1, 0.15) is 54.7 Å². The average molecular weight is 488 g/mol. The Kier molecular flexibility index (Phi) is 8.22. The van der Waals surface area contributed by atoms with E-state index in [0.717, 1.165) is 17.0 Å². The Hall–Kier alpha value is -3.04. The van der Waals surface area contributed by atoms with Crippen molar-refractivity contribution in [2.75, 3.05) is 20.3 Å². The lowest BCUT2D eigenvalue weighted by Crippen LogP contribution is -2.46. The molecule has 1 aliphatic heterocycles. The predicted octanol–water partition coefficient (Wildman–Crippen LogP) is 4.49. The molecule has 0 fully saturated rings. The van der Waals surface area contributed by atoms with E-state index in [1.807, 2.05) is 27.7 Å². The van der Waals surface area contributed by atoms with Crippen molar-refractivity contribution in [1.29, 1.82) is 0 Å². The van der Waals surface area contributed by atoms with E-state index >= 15 is 0 Å². The minimum atomic E-state index is -0.602. The van der Waals surface area contributed by atoms with E-state index < -0.39 is 11.2 Å². The van der Waals surface area contributed by atoms with Crippen LogP contribution in [-0.4, -0.2) is 51.8 Å². The summed E-state index contributed by atoms with van der Waals surface area (Å²) in [5.74, 6) is -1.17. The van der Waals surface area contributed by atoms with Gasteiger partial charge in [-0.3, -0.25) is 9.59 Å². The van der Waals surface area contributed by atoms with Crippen LogP contribution in [0.2, 0.25) is 0 Å². The molecule has 1 atom stereocenters. The quantitative estimate of drug-likeness (QED) is 0.573. The normalized spacial score (nSPS) is 15.2. The highest BCUT2D eigenvalue weighted by Crippen LogP contribution is 2.31. The molecule has 0 saturated carbocycles. The highest BCUT2D eigenvalue weighted by Gasteiger charge is 2.34. The van der Waals surface area contributed by atoms with Gasteiger partial charge in [-0.1, -0.05) is 12.1 Å². The van der Waals surface area contributed by atoms with E-state index in [2.05, 4.69) is 9.72 Å². The van der Waals surface area contributed by atoms with Gasteiger partial charge < -0.3 is 19.3 Å². The highest BCUT2D eigenvalue weighted by molar-refractivity contribution is 7.15. The van der Waals surface area contributed by atoms with Gasteiger partial charge in [0.25, 0.3) is 5.91 Å². The number of hydrogen-bond acceptors (Lipinski definition) is 6. The van der Waals surface area contributed by atoms with Crippen molar-refractivity contribution >= 4 is 17.2 Å². The van der Waals surface area contributed by atoms with Gasteiger partial charge in [0.2, 0.25) is 5.43 Å². The molecule has 3 heterocycles. The van der Waals surface area contributed by atoms with Crippen molar-refractivity contribution in [2.24, 2.45) is 0 Å². The molecular weight excluding hydrogens is 457 g/mol. The maximum Gasteiger partial charge on any atom is 0.274 e. The number of ether oxygens (including phenoxy) is 1. The summed E-state index contributed by atoms with van der Waals surface area (Å²) in [5.41, 5.74) is 0.628. The Morgan fingerprint density at radius 1 is 1.26 bits per heavy atom. The van der Waals surface area contributed by atoms with Crippen LogP contribution in [0.4, 0.5) is 4.39 Å². The van der Waals surface area contributed by atoms with Crippen LogP contribution >= 0.6 is 11.3 Å². The summed E-state index contributed by atoms with van der Waals surface area (Å²) in [6.45, 7) is 9.03. The number of methoxy groups -OCH3 is 1. The predicted molar refractivity (Wildman–Crippen MR) is 131 cm³/mol. The first-order valence-corrected chi connectivity index (χ1v) is 12.0. The van der Waals surface area contributed by atoms with Crippen molar-refractivity contribution in [1.82, 2.24) is 14.5 Å². The molecular formula is C25H30FN3O4S. The summed E-state index contributed by atoms with van der Waals surface area (Å²) in [6, 6.07) is 6.11. The molecule has 4 rings (SSSR count). The number of hydrogen-bond donors (Lipinski definition) is 1. The van der Waals surface area contributed by atoms with Gasteiger partial charge in [-0.2, -0.15) is 0 Å². The van der Waals surface area contributed by atoms with Crippen LogP contribution in [0.3, 0.4) is 0 Å². The van der Waals surface area contributed by atoms with E-state index in [4.69, 9.17) is 0 Å². The average Bonchev–Trinajstić information content (AvgIpc) is 3.27. The molecule has 0 saturated heterocycles. The molecule has 1 amide bonds. The monoisotopic (exact) mass is 487 g/mol. The van der Waals surface area contributed by atoms with Gasteiger partial charge >= 0.3 is 0 Å². The molecule has 7 nitrogen and oxygen atoms in total. The number of carbonyl (C=O) groups excluding carboxylic acids is 1. The zero-order chi connectivity index (χ0) is 25.0. The lowest BCUT2D eigenvalue weighted by Gasteiger charge is -2.37. The largest absolute Gasteiger partial charge is 0.503 e. The molecule has 1 aliphatic rings. The number of pyridine rings is 1. The fourth-order valence-electron chi connectivity index (χ4n) is 3.69. The molecule has 1 N–H and O–H groups in total. The topological polar surface area (TPSA) is 84.7 Å². The SMILES string of the molecule is CC(C)N1CC(C)n2cc(-c3ncc(Cc4ccc(F)cc4)s3)c(=O)c(O)c2C1=O.CCOC. The number of halogens is 1. The minimum Gasteiger partial charge on any atom is -0.503 e. The second-order valence-corrected chi connectivity index (χ2v) is 9.50. The zero-order valence-corrected chi connectivity index (χ0v) is 20.9. The summed E-state index contributed by atoms with van der Waals surface area (Å²) in [6.07, 6.45) is 3.87. The fraction of sp³-hybridized carbons (Fsp3) is 0.400. The van der Waals surface area contributed by atoms with E-state index in [9.17, 15) is 19.1 Å². The van der Waals surface area contributed by atoms with E-state index in [1.54, 1.807) is 41.1 Å². The molecule has 2 aromatic heterocycles. The van der Waals surface area contributed by atoms with Gasteiger partial charge in [0.1, 0.15) is 10.8 Å². The Bertz CT molecular complexity index is 1200. The fourth-order valence-corrected chi connectivity index (χ4v) is 4.64. The molecule has 182 valence electrons. The Morgan fingerprint density at radius 2 is 1.91 bits per heavy atom. The lowest BCUT2D eigenvalue weighted by atomic mass is 10.1. The number of aromatic hydroxyl groups is 1. The number of thiazole rings is 1. The number of fused-ring (bicyclic) bond motifs is 1. The molecule has 0 aliphatic carbocycles. The van der Waals surface area contributed by atoms with Crippen LogP contribution in [0, 0.1) is 5.82 Å². The van der Waals surface area contributed by atoms with Crippen LogP contribution in [0.25, 0.3) is 10.6 Å². The van der Waals surface area contributed by atoms with Crippen molar-refractivity contribution < 1.29 is 19.0 Å². The Balaban J connectivity index is 0.000000751. The second kappa shape index (κ2) is 10.9. The van der Waals surface area contributed by atoms with E-state index in [1.165, 1.54) is 23.5 Å². The third-order valence-corrected chi connectivity index (χ3v) is 6.63. The molecule has 1 unspecified atom stereocenters. The molecule has 3 aromatic rings. The maximum atomic E-state index is 13.1. The van der Waals surface area contributed by atoms with Crippen molar-refractivity contribution in [2.45, 2.75) is 46.2 Å². The summed E-state index contributed by atoms with van der Waals surface area (Å²) < 4.78 is 19.3. The van der Waals surface area contributed by atoms with Gasteiger partial charge in [-0.25, -0.2) is 9.37 Å². The van der Waals surface area contributed by atoms with Crippen LogP contribution < -0.4 is 5.43 Å². The van der Waals surface area contributed by atoms with Crippen molar-refractivity contribution in [3.8, 4) is 16.3 Å². The standard InChI is InChI=1S/C22H22FN3O3S.C3H8O/c1-12(2)25-10-13(3)26-11-17(19(27)20(28)18(26)22(25)29)21-24-9-16(30-21)8-14-4-6-15(23)7-5-14;1-3-4-2/h4-7,9,11-13,28H,8,10H2,1-3H3;3H2,1-2H3. The Labute approximate surface area is 202 Å². The summed E-state index contributed by atoms with van der Waals surface area (Å²) >= 11 is 1.34. The first-order chi connectivity index (χ1) is 16.2. The number of rotatable bonds is 5. The maximum absolute atomic E-state index is 13.1. The third kappa shape index (κ3) is 5.37. The molecule has 1 aromatic carbocycles. The highest BCUT2D eigenvalue weighted by atomic mass is 32.1. The van der Waals surface area contributed by atoms with Gasteiger partial charge in [0.05, 0.1) is 5.56 Å². The first-order valence-electron chi connectivity index (χ1n) is 11.1. The van der Waals surface area contributed by atoms with Gasteiger partial charge in [0, 0.05) is 56.0 Å². The van der Waals surface area contributed by atoms with Crippen molar-refractivity contribution in [3.63, 3.8) is 0 Å². The molecule has 0 spiro atoms. The van der Waals surface area contributed by atoms with Crippen LogP contribution in [0.15, 0.2) is 41.5 Å². The first kappa shape index (κ1) is 25.6. The van der Waals surface area contributed by atoms with Crippen LogP contribution in [-0.2, 0) is 11.2 Å².